The normalized spacial score (nSPS) is 10.5. The fraction of sp³-hybridized carbons (Fsp3) is 0.250. The Bertz CT molecular complexity index is 869. The second-order valence-corrected chi connectivity index (χ2v) is 6.73. The smallest absolute Gasteiger partial charge is 0.196 e. The first kappa shape index (κ1) is 18.0. The minimum absolute atomic E-state index is 0.600. The van der Waals surface area contributed by atoms with Crippen molar-refractivity contribution < 1.29 is 4.74 Å². The molecule has 26 heavy (non-hydrogen) atoms. The van der Waals surface area contributed by atoms with E-state index in [0.717, 1.165) is 46.6 Å². The van der Waals surface area contributed by atoms with Crippen molar-refractivity contribution in [1.82, 2.24) is 14.8 Å². The molecule has 0 spiro atoms. The Balaban J connectivity index is 1.90. The summed E-state index contributed by atoms with van der Waals surface area (Å²) in [5.41, 5.74) is 2.02. The van der Waals surface area contributed by atoms with Crippen LogP contribution in [0.3, 0.4) is 0 Å². The highest BCUT2D eigenvalue weighted by atomic mass is 32.2. The first-order chi connectivity index (χ1) is 12.8. The summed E-state index contributed by atoms with van der Waals surface area (Å²) in [6, 6.07) is 20.1. The average molecular weight is 364 g/mol. The molecule has 0 radical (unpaired) electrons. The summed E-state index contributed by atoms with van der Waals surface area (Å²) in [5.74, 6) is 2.53. The second-order valence-electron chi connectivity index (χ2n) is 5.67. The van der Waals surface area contributed by atoms with Crippen LogP contribution < -0.4 is 4.74 Å². The van der Waals surface area contributed by atoms with E-state index in [2.05, 4.69) is 33.0 Å². The maximum atomic E-state index is 8.65. The molecule has 0 atom stereocenters. The zero-order valence-electron chi connectivity index (χ0n) is 14.6. The number of hydrogen-bond acceptors (Lipinski definition) is 5. The van der Waals surface area contributed by atoms with Crippen LogP contribution in [-0.4, -0.2) is 27.6 Å². The third kappa shape index (κ3) is 4.24. The van der Waals surface area contributed by atoms with E-state index >= 15 is 0 Å². The highest BCUT2D eigenvalue weighted by Gasteiger charge is 2.16. The maximum absolute atomic E-state index is 8.65. The summed E-state index contributed by atoms with van der Waals surface area (Å²) in [7, 11) is 1.66. The van der Waals surface area contributed by atoms with Gasteiger partial charge in [0.15, 0.2) is 11.0 Å². The number of hydrogen-bond donors (Lipinski definition) is 0. The first-order valence-corrected chi connectivity index (χ1v) is 9.47. The van der Waals surface area contributed by atoms with Crippen LogP contribution >= 0.6 is 11.8 Å². The van der Waals surface area contributed by atoms with E-state index in [9.17, 15) is 0 Å². The van der Waals surface area contributed by atoms with Crippen molar-refractivity contribution in [3.8, 4) is 28.9 Å². The molecule has 0 bridgehead atoms. The average Bonchev–Trinajstić information content (AvgIpc) is 3.12. The predicted molar refractivity (Wildman–Crippen MR) is 104 cm³/mol. The molecule has 0 saturated heterocycles. The van der Waals surface area contributed by atoms with Crippen LogP contribution in [0, 0.1) is 11.3 Å². The van der Waals surface area contributed by atoms with Crippen LogP contribution in [0.2, 0.25) is 0 Å². The topological polar surface area (TPSA) is 63.7 Å². The summed E-state index contributed by atoms with van der Waals surface area (Å²) >= 11 is 1.67. The van der Waals surface area contributed by atoms with Crippen LogP contribution in [0.5, 0.6) is 5.75 Å². The van der Waals surface area contributed by atoms with Gasteiger partial charge >= 0.3 is 0 Å². The number of aromatic nitrogens is 3. The van der Waals surface area contributed by atoms with E-state index in [1.807, 2.05) is 42.5 Å². The number of nitriles is 1. The van der Waals surface area contributed by atoms with Crippen molar-refractivity contribution in [1.29, 1.82) is 5.26 Å². The van der Waals surface area contributed by atoms with Gasteiger partial charge in [-0.1, -0.05) is 30.0 Å². The predicted octanol–water partition coefficient (Wildman–Crippen LogP) is 4.73. The van der Waals surface area contributed by atoms with Gasteiger partial charge in [0.1, 0.15) is 5.75 Å². The summed E-state index contributed by atoms with van der Waals surface area (Å²) in [5, 5.41) is 18.4. The third-order valence-corrected chi connectivity index (χ3v) is 4.93. The molecule has 3 rings (SSSR count). The Morgan fingerprint density at radius 2 is 1.81 bits per heavy atom. The molecular formula is C20H20N4OS. The van der Waals surface area contributed by atoms with Crippen LogP contribution in [0.15, 0.2) is 59.8 Å². The van der Waals surface area contributed by atoms with Crippen molar-refractivity contribution >= 4 is 11.8 Å². The van der Waals surface area contributed by atoms with Gasteiger partial charge in [-0.3, -0.25) is 4.57 Å². The fourth-order valence-corrected chi connectivity index (χ4v) is 3.52. The van der Waals surface area contributed by atoms with Gasteiger partial charge in [0.25, 0.3) is 0 Å². The lowest BCUT2D eigenvalue weighted by Gasteiger charge is -2.10. The van der Waals surface area contributed by atoms with E-state index in [-0.39, 0.29) is 0 Å². The van der Waals surface area contributed by atoms with Gasteiger partial charge in [-0.25, -0.2) is 0 Å². The Labute approximate surface area is 157 Å². The Morgan fingerprint density at radius 1 is 1.04 bits per heavy atom. The van der Waals surface area contributed by atoms with Gasteiger partial charge in [-0.2, -0.15) is 5.26 Å². The number of ether oxygens (including phenoxy) is 1. The van der Waals surface area contributed by atoms with Crippen molar-refractivity contribution in [2.45, 2.75) is 24.4 Å². The molecule has 1 aromatic heterocycles. The first-order valence-electron chi connectivity index (χ1n) is 8.48. The minimum Gasteiger partial charge on any atom is -0.497 e. The lowest BCUT2D eigenvalue weighted by atomic mass is 10.2. The monoisotopic (exact) mass is 364 g/mol. The molecule has 0 unspecified atom stereocenters. The van der Waals surface area contributed by atoms with E-state index in [1.54, 1.807) is 18.9 Å². The number of rotatable bonds is 8. The standard InChI is InChI=1S/C20H20N4OS/c1-25-18-12-10-16(11-13-18)19-22-23-20(26-15-7-3-6-14-21)24(19)17-8-4-2-5-9-17/h2,4-5,8-13H,3,6-7,15H2,1H3. The largest absolute Gasteiger partial charge is 0.497 e. The number of para-hydroxylation sites is 1. The molecule has 0 aliphatic heterocycles. The molecule has 0 fully saturated rings. The molecule has 1 heterocycles. The Hall–Kier alpha value is -2.78. The molecule has 132 valence electrons. The quantitative estimate of drug-likeness (QED) is 0.427. The number of unbranched alkanes of at least 4 members (excludes halogenated alkanes) is 2. The van der Waals surface area contributed by atoms with E-state index in [4.69, 9.17) is 10.00 Å². The van der Waals surface area contributed by atoms with Crippen LogP contribution in [-0.2, 0) is 0 Å². The number of thioether (sulfide) groups is 1. The van der Waals surface area contributed by atoms with Gasteiger partial charge in [0, 0.05) is 23.4 Å². The third-order valence-electron chi connectivity index (χ3n) is 3.91. The zero-order valence-corrected chi connectivity index (χ0v) is 15.4. The van der Waals surface area contributed by atoms with Crippen molar-refractivity contribution in [3.63, 3.8) is 0 Å². The van der Waals surface area contributed by atoms with Gasteiger partial charge in [-0.05, 0) is 49.2 Å². The van der Waals surface area contributed by atoms with Gasteiger partial charge in [0.2, 0.25) is 0 Å². The van der Waals surface area contributed by atoms with Crippen LogP contribution in [0.4, 0.5) is 0 Å². The lowest BCUT2D eigenvalue weighted by Crippen LogP contribution is -2.00. The van der Waals surface area contributed by atoms with E-state index in [0.29, 0.717) is 6.42 Å². The molecule has 6 heteroatoms. The molecule has 0 aliphatic rings. The summed E-state index contributed by atoms with van der Waals surface area (Å²) in [6.07, 6.45) is 2.50. The molecule has 3 aromatic rings. The molecule has 0 saturated carbocycles. The Kier molecular flexibility index (Phi) is 6.29. The van der Waals surface area contributed by atoms with Crippen LogP contribution in [0.25, 0.3) is 17.1 Å². The van der Waals surface area contributed by atoms with Crippen LogP contribution in [0.1, 0.15) is 19.3 Å². The summed E-state index contributed by atoms with van der Waals surface area (Å²) in [4.78, 5) is 0. The van der Waals surface area contributed by atoms with Crippen molar-refractivity contribution in [2.24, 2.45) is 0 Å². The second kappa shape index (κ2) is 9.07. The number of benzene rings is 2. The molecular weight excluding hydrogens is 344 g/mol. The maximum Gasteiger partial charge on any atom is 0.196 e. The fourth-order valence-electron chi connectivity index (χ4n) is 2.57. The highest BCUT2D eigenvalue weighted by molar-refractivity contribution is 7.99. The Morgan fingerprint density at radius 3 is 2.50 bits per heavy atom. The van der Waals surface area contributed by atoms with Crippen molar-refractivity contribution in [3.05, 3.63) is 54.6 Å². The molecule has 0 N–H and O–H groups in total. The van der Waals surface area contributed by atoms with Gasteiger partial charge in [0.05, 0.1) is 13.2 Å². The SMILES string of the molecule is COc1ccc(-c2nnc(SCCCCC#N)n2-c2ccccc2)cc1. The van der Waals surface area contributed by atoms with Gasteiger partial charge in [-0.15, -0.1) is 10.2 Å². The molecule has 2 aromatic carbocycles. The molecule has 0 aliphatic carbocycles. The lowest BCUT2D eigenvalue weighted by molar-refractivity contribution is 0.415. The number of nitrogens with zero attached hydrogens (tertiary/aromatic N) is 4. The minimum atomic E-state index is 0.600. The highest BCUT2D eigenvalue weighted by Crippen LogP contribution is 2.29. The summed E-state index contributed by atoms with van der Waals surface area (Å²) in [6.45, 7) is 0. The molecule has 5 nitrogen and oxygen atoms in total. The number of methoxy groups -OCH3 is 1. The zero-order chi connectivity index (χ0) is 18.2. The molecule has 0 amide bonds. The van der Waals surface area contributed by atoms with E-state index in [1.165, 1.54) is 0 Å². The van der Waals surface area contributed by atoms with Gasteiger partial charge < -0.3 is 4.74 Å². The summed E-state index contributed by atoms with van der Waals surface area (Å²) < 4.78 is 7.32. The van der Waals surface area contributed by atoms with Crippen molar-refractivity contribution in [2.75, 3.05) is 12.9 Å². The van der Waals surface area contributed by atoms with E-state index < -0.39 is 0 Å².